The van der Waals surface area contributed by atoms with Gasteiger partial charge in [-0.15, -0.1) is 0 Å². The molecule has 0 atom stereocenters. The lowest BCUT2D eigenvalue weighted by Gasteiger charge is -2.10. The minimum Gasteiger partial charge on any atom is -0.337 e. The predicted molar refractivity (Wildman–Crippen MR) is 108 cm³/mol. The van der Waals surface area contributed by atoms with Gasteiger partial charge in [-0.1, -0.05) is 52.3 Å². The molecule has 0 bridgehead atoms. The van der Waals surface area contributed by atoms with Crippen LogP contribution in [0.3, 0.4) is 0 Å². The zero-order chi connectivity index (χ0) is 18.1. The maximum atomic E-state index is 12.6. The van der Waals surface area contributed by atoms with Gasteiger partial charge < -0.3 is 9.88 Å². The molecule has 5 heteroatoms. The van der Waals surface area contributed by atoms with Gasteiger partial charge in [-0.2, -0.15) is 0 Å². The maximum Gasteiger partial charge on any atom is 0.244 e. The Kier molecular flexibility index (Phi) is 4.31. The molecule has 1 heterocycles. The number of carbonyl (C=O) groups is 2. The number of carbonyl (C=O) groups excluding carboxylic acids is 2. The molecule has 0 saturated carbocycles. The monoisotopic (exact) mass is 406 g/mol. The average Bonchev–Trinajstić information content (AvgIpc) is 2.98. The number of amides is 1. The van der Waals surface area contributed by atoms with Gasteiger partial charge in [-0.3, -0.25) is 9.59 Å². The van der Waals surface area contributed by atoms with Gasteiger partial charge in [0.15, 0.2) is 6.29 Å². The fraction of sp³-hybridized carbons (Fsp3) is 0.0476. The number of benzene rings is 3. The van der Waals surface area contributed by atoms with Gasteiger partial charge in [-0.25, -0.2) is 0 Å². The van der Waals surface area contributed by atoms with Crippen LogP contribution in [0.4, 0.5) is 5.69 Å². The normalized spacial score (nSPS) is 11.0. The lowest BCUT2D eigenvalue weighted by Crippen LogP contribution is -2.18. The standard InChI is InChI=1S/C21H15BrN2O2/c22-16-8-9-20-18(10-16)15(13-25)11-24(20)12-21(26)23-19-7-3-5-14-4-1-2-6-17(14)19/h1-11,13H,12H2,(H,23,26). The third kappa shape index (κ3) is 3.02. The number of nitrogens with zero attached hydrogens (tertiary/aromatic N) is 1. The number of hydrogen-bond acceptors (Lipinski definition) is 2. The van der Waals surface area contributed by atoms with Crippen molar-refractivity contribution in [3.63, 3.8) is 0 Å². The van der Waals surface area contributed by atoms with Crippen LogP contribution in [-0.4, -0.2) is 16.8 Å². The summed E-state index contributed by atoms with van der Waals surface area (Å²) in [6, 6.07) is 19.4. The quantitative estimate of drug-likeness (QED) is 0.484. The first-order valence-electron chi connectivity index (χ1n) is 8.17. The molecule has 4 nitrogen and oxygen atoms in total. The maximum absolute atomic E-state index is 12.6. The highest BCUT2D eigenvalue weighted by atomic mass is 79.9. The van der Waals surface area contributed by atoms with Crippen molar-refractivity contribution >= 4 is 55.5 Å². The van der Waals surface area contributed by atoms with Crippen molar-refractivity contribution < 1.29 is 9.59 Å². The fourth-order valence-corrected chi connectivity index (χ4v) is 3.56. The first kappa shape index (κ1) is 16.5. The number of nitrogens with one attached hydrogen (secondary N) is 1. The van der Waals surface area contributed by atoms with Crippen LogP contribution in [0.2, 0.25) is 0 Å². The SMILES string of the molecule is O=Cc1cn(CC(=O)Nc2cccc3ccccc23)c2ccc(Br)cc12. The van der Waals surface area contributed by atoms with Crippen molar-refractivity contribution in [3.8, 4) is 0 Å². The number of rotatable bonds is 4. The topological polar surface area (TPSA) is 51.1 Å². The van der Waals surface area contributed by atoms with Crippen molar-refractivity contribution in [3.05, 3.63) is 76.9 Å². The molecule has 3 aromatic carbocycles. The van der Waals surface area contributed by atoms with Gasteiger partial charge in [0.05, 0.1) is 0 Å². The van der Waals surface area contributed by atoms with Crippen molar-refractivity contribution in [1.29, 1.82) is 0 Å². The van der Waals surface area contributed by atoms with E-state index in [1.165, 1.54) is 0 Å². The Balaban J connectivity index is 1.64. The predicted octanol–water partition coefficient (Wildman–Crippen LogP) is 5.01. The lowest BCUT2D eigenvalue weighted by atomic mass is 10.1. The number of aldehydes is 1. The Bertz CT molecular complexity index is 1140. The summed E-state index contributed by atoms with van der Waals surface area (Å²) in [6.45, 7) is 0.134. The molecule has 1 amide bonds. The molecule has 0 unspecified atom stereocenters. The summed E-state index contributed by atoms with van der Waals surface area (Å²) in [5.41, 5.74) is 2.20. The van der Waals surface area contributed by atoms with Gasteiger partial charge in [0.25, 0.3) is 0 Å². The van der Waals surface area contributed by atoms with Gasteiger partial charge in [0.1, 0.15) is 6.54 Å². The largest absolute Gasteiger partial charge is 0.337 e. The molecule has 0 spiro atoms. The summed E-state index contributed by atoms with van der Waals surface area (Å²) in [5, 5.41) is 5.88. The first-order valence-corrected chi connectivity index (χ1v) is 8.96. The molecule has 4 rings (SSSR count). The molecular formula is C21H15BrN2O2. The van der Waals surface area contributed by atoms with E-state index in [0.29, 0.717) is 5.56 Å². The average molecular weight is 407 g/mol. The van der Waals surface area contributed by atoms with Crippen LogP contribution in [0.15, 0.2) is 71.3 Å². The van der Waals surface area contributed by atoms with Crippen LogP contribution in [0.25, 0.3) is 21.7 Å². The number of fused-ring (bicyclic) bond motifs is 2. The summed E-state index contributed by atoms with van der Waals surface area (Å²) in [7, 11) is 0. The molecule has 0 saturated heterocycles. The van der Waals surface area contributed by atoms with Gasteiger partial charge in [0, 0.05) is 38.2 Å². The van der Waals surface area contributed by atoms with E-state index >= 15 is 0 Å². The van der Waals surface area contributed by atoms with Crippen LogP contribution < -0.4 is 5.32 Å². The summed E-state index contributed by atoms with van der Waals surface area (Å²) in [4.78, 5) is 23.9. The van der Waals surface area contributed by atoms with Crippen LogP contribution in [0.5, 0.6) is 0 Å². The molecule has 128 valence electrons. The Morgan fingerprint density at radius 2 is 1.85 bits per heavy atom. The highest BCUT2D eigenvalue weighted by Crippen LogP contribution is 2.25. The lowest BCUT2D eigenvalue weighted by molar-refractivity contribution is -0.116. The Hall–Kier alpha value is -2.92. The van der Waals surface area contributed by atoms with Crippen LogP contribution in [0, 0.1) is 0 Å². The zero-order valence-electron chi connectivity index (χ0n) is 13.8. The summed E-state index contributed by atoms with van der Waals surface area (Å²) < 4.78 is 2.69. The minimum absolute atomic E-state index is 0.134. The molecule has 1 aromatic heterocycles. The number of hydrogen-bond donors (Lipinski definition) is 1. The third-order valence-electron chi connectivity index (χ3n) is 4.38. The van der Waals surface area contributed by atoms with Crippen molar-refractivity contribution in [1.82, 2.24) is 4.57 Å². The Morgan fingerprint density at radius 3 is 2.69 bits per heavy atom. The highest BCUT2D eigenvalue weighted by Gasteiger charge is 2.12. The second-order valence-corrected chi connectivity index (χ2v) is 6.98. The van der Waals surface area contributed by atoms with Gasteiger partial charge in [-0.05, 0) is 29.7 Å². The second-order valence-electron chi connectivity index (χ2n) is 6.07. The third-order valence-corrected chi connectivity index (χ3v) is 4.87. The summed E-state index contributed by atoms with van der Waals surface area (Å²) >= 11 is 3.42. The van der Waals surface area contributed by atoms with Crippen LogP contribution in [0.1, 0.15) is 10.4 Å². The molecule has 0 aliphatic heterocycles. The van der Waals surface area contributed by atoms with E-state index in [-0.39, 0.29) is 12.5 Å². The number of aromatic nitrogens is 1. The van der Waals surface area contributed by atoms with Gasteiger partial charge in [0.2, 0.25) is 5.91 Å². The second kappa shape index (κ2) is 6.77. The highest BCUT2D eigenvalue weighted by molar-refractivity contribution is 9.10. The molecule has 0 aliphatic rings. The van der Waals surface area contributed by atoms with E-state index in [0.717, 1.165) is 38.1 Å². The van der Waals surface area contributed by atoms with E-state index < -0.39 is 0 Å². The number of halogens is 1. The summed E-state index contributed by atoms with van der Waals surface area (Å²) in [6.07, 6.45) is 2.53. The van der Waals surface area contributed by atoms with Crippen LogP contribution in [-0.2, 0) is 11.3 Å². The molecule has 0 radical (unpaired) electrons. The molecule has 0 aliphatic carbocycles. The zero-order valence-corrected chi connectivity index (χ0v) is 15.4. The minimum atomic E-state index is -0.140. The van der Waals surface area contributed by atoms with Gasteiger partial charge >= 0.3 is 0 Å². The fourth-order valence-electron chi connectivity index (χ4n) is 3.20. The van der Waals surface area contributed by atoms with Crippen LogP contribution >= 0.6 is 15.9 Å². The van der Waals surface area contributed by atoms with E-state index in [9.17, 15) is 9.59 Å². The molecule has 26 heavy (non-hydrogen) atoms. The Morgan fingerprint density at radius 1 is 1.04 bits per heavy atom. The smallest absolute Gasteiger partial charge is 0.244 e. The first-order chi connectivity index (χ1) is 12.7. The van der Waals surface area contributed by atoms with E-state index in [4.69, 9.17) is 0 Å². The summed E-state index contributed by atoms with van der Waals surface area (Å²) in [5.74, 6) is -0.140. The van der Waals surface area contributed by atoms with Crippen molar-refractivity contribution in [2.24, 2.45) is 0 Å². The molecule has 0 fully saturated rings. The Labute approximate surface area is 158 Å². The van der Waals surface area contributed by atoms with Crippen molar-refractivity contribution in [2.75, 3.05) is 5.32 Å². The van der Waals surface area contributed by atoms with E-state index in [1.54, 1.807) is 10.8 Å². The van der Waals surface area contributed by atoms with E-state index in [1.807, 2.05) is 60.7 Å². The molecule has 1 N–H and O–H groups in total. The molecule has 4 aromatic rings. The number of anilines is 1. The van der Waals surface area contributed by atoms with E-state index in [2.05, 4.69) is 21.2 Å². The molecular weight excluding hydrogens is 392 g/mol. The van der Waals surface area contributed by atoms with Crippen molar-refractivity contribution in [2.45, 2.75) is 6.54 Å².